The fourth-order valence-corrected chi connectivity index (χ4v) is 2.00. The van der Waals surface area contributed by atoms with Crippen LogP contribution in [0.25, 0.3) is 6.08 Å². The number of carbonyl (C=O) groups excluding carboxylic acids is 1. The van der Waals surface area contributed by atoms with Crippen molar-refractivity contribution in [3.05, 3.63) is 70.5 Å². The molecular formula is C16H15ClN2O2. The minimum Gasteiger partial charge on any atom is -0.392 e. The maximum absolute atomic E-state index is 11.8. The van der Waals surface area contributed by atoms with Gasteiger partial charge in [-0.3, -0.25) is 4.79 Å². The molecule has 1 amide bonds. The van der Waals surface area contributed by atoms with Crippen molar-refractivity contribution in [1.82, 2.24) is 10.3 Å². The molecule has 4 nitrogen and oxygen atoms in total. The number of aliphatic hydroxyl groups excluding tert-OH is 1. The van der Waals surface area contributed by atoms with Gasteiger partial charge in [0.25, 0.3) is 0 Å². The van der Waals surface area contributed by atoms with Crippen molar-refractivity contribution < 1.29 is 9.90 Å². The molecule has 2 rings (SSSR count). The van der Waals surface area contributed by atoms with Crippen LogP contribution in [0.5, 0.6) is 0 Å². The Morgan fingerprint density at radius 2 is 2.05 bits per heavy atom. The largest absolute Gasteiger partial charge is 0.392 e. The Morgan fingerprint density at radius 1 is 1.29 bits per heavy atom. The number of benzene rings is 1. The normalized spacial score (nSPS) is 10.8. The van der Waals surface area contributed by atoms with Gasteiger partial charge in [-0.15, -0.1) is 0 Å². The van der Waals surface area contributed by atoms with Crippen LogP contribution in [-0.2, 0) is 17.9 Å². The second-order valence-corrected chi connectivity index (χ2v) is 4.78. The number of halogens is 1. The Bertz CT molecular complexity index is 656. The molecule has 0 saturated carbocycles. The molecule has 0 aliphatic rings. The summed E-state index contributed by atoms with van der Waals surface area (Å²) >= 11 is 5.77. The van der Waals surface area contributed by atoms with Crippen LogP contribution < -0.4 is 5.32 Å². The first-order chi connectivity index (χ1) is 10.2. The summed E-state index contributed by atoms with van der Waals surface area (Å²) in [6.45, 7) is 0.328. The maximum Gasteiger partial charge on any atom is 0.244 e. The third-order valence-electron chi connectivity index (χ3n) is 2.92. The van der Waals surface area contributed by atoms with E-state index >= 15 is 0 Å². The number of carbonyl (C=O) groups is 1. The van der Waals surface area contributed by atoms with Crippen LogP contribution in [0.15, 0.2) is 48.7 Å². The number of hydrogen-bond acceptors (Lipinski definition) is 3. The predicted octanol–water partition coefficient (Wildman–Crippen LogP) is 2.56. The standard InChI is InChI=1S/C16H15ClN2O2/c17-15-9-12(7-8-18-15)5-6-16(21)19-10-13-3-1-2-4-14(13)11-20/h1-9,20H,10-11H2,(H,19,21)/b6-5+. The summed E-state index contributed by atoms with van der Waals surface area (Å²) in [6.07, 6.45) is 4.69. The lowest BCUT2D eigenvalue weighted by Crippen LogP contribution is -2.21. The third kappa shape index (κ3) is 4.70. The van der Waals surface area contributed by atoms with Crippen LogP contribution in [0.1, 0.15) is 16.7 Å². The van der Waals surface area contributed by atoms with Crippen molar-refractivity contribution >= 4 is 23.6 Å². The molecule has 21 heavy (non-hydrogen) atoms. The van der Waals surface area contributed by atoms with Gasteiger partial charge >= 0.3 is 0 Å². The molecule has 0 radical (unpaired) electrons. The van der Waals surface area contributed by atoms with E-state index < -0.39 is 0 Å². The van der Waals surface area contributed by atoms with Gasteiger partial charge in [-0.2, -0.15) is 0 Å². The van der Waals surface area contributed by atoms with E-state index in [1.807, 2.05) is 24.3 Å². The van der Waals surface area contributed by atoms with Crippen LogP contribution in [0.3, 0.4) is 0 Å². The van der Waals surface area contributed by atoms with Crippen molar-refractivity contribution in [1.29, 1.82) is 0 Å². The molecule has 0 atom stereocenters. The van der Waals surface area contributed by atoms with Gasteiger partial charge in [0.15, 0.2) is 0 Å². The van der Waals surface area contributed by atoms with Crippen molar-refractivity contribution in [3.63, 3.8) is 0 Å². The SMILES string of the molecule is O=C(/C=C/c1ccnc(Cl)c1)NCc1ccccc1CO. The zero-order valence-electron chi connectivity index (χ0n) is 11.3. The Hall–Kier alpha value is -2.17. The lowest BCUT2D eigenvalue weighted by molar-refractivity contribution is -0.116. The lowest BCUT2D eigenvalue weighted by atomic mass is 10.1. The Balaban J connectivity index is 1.93. The molecule has 0 spiro atoms. The topological polar surface area (TPSA) is 62.2 Å². The Labute approximate surface area is 128 Å². The van der Waals surface area contributed by atoms with Gasteiger partial charge in [0.2, 0.25) is 5.91 Å². The fourth-order valence-electron chi connectivity index (χ4n) is 1.82. The number of rotatable bonds is 5. The van der Waals surface area contributed by atoms with Gasteiger partial charge in [0.1, 0.15) is 5.15 Å². The van der Waals surface area contributed by atoms with E-state index in [-0.39, 0.29) is 12.5 Å². The second-order valence-electron chi connectivity index (χ2n) is 4.39. The first kappa shape index (κ1) is 15.2. The molecule has 1 heterocycles. The van der Waals surface area contributed by atoms with Gasteiger partial charge in [-0.25, -0.2) is 4.98 Å². The zero-order chi connectivity index (χ0) is 15.1. The zero-order valence-corrected chi connectivity index (χ0v) is 12.0. The highest BCUT2D eigenvalue weighted by Gasteiger charge is 2.02. The second kappa shape index (κ2) is 7.57. The Kier molecular flexibility index (Phi) is 5.49. The first-order valence-corrected chi connectivity index (χ1v) is 6.82. The lowest BCUT2D eigenvalue weighted by Gasteiger charge is -2.07. The third-order valence-corrected chi connectivity index (χ3v) is 3.13. The van der Waals surface area contributed by atoms with Crippen molar-refractivity contribution in [2.24, 2.45) is 0 Å². The molecule has 2 aromatic rings. The van der Waals surface area contributed by atoms with Gasteiger partial charge < -0.3 is 10.4 Å². The van der Waals surface area contributed by atoms with Crippen LogP contribution in [0, 0.1) is 0 Å². The quantitative estimate of drug-likeness (QED) is 0.659. The van der Waals surface area contributed by atoms with Gasteiger partial charge in [-0.1, -0.05) is 35.9 Å². The fraction of sp³-hybridized carbons (Fsp3) is 0.125. The van der Waals surface area contributed by atoms with Crippen LogP contribution >= 0.6 is 11.6 Å². The van der Waals surface area contributed by atoms with E-state index in [0.717, 1.165) is 16.7 Å². The molecule has 108 valence electrons. The van der Waals surface area contributed by atoms with E-state index in [9.17, 15) is 9.90 Å². The molecule has 5 heteroatoms. The van der Waals surface area contributed by atoms with Gasteiger partial charge in [0, 0.05) is 18.8 Å². The molecule has 2 N–H and O–H groups in total. The highest BCUT2D eigenvalue weighted by molar-refractivity contribution is 6.29. The Morgan fingerprint density at radius 3 is 2.76 bits per heavy atom. The maximum atomic E-state index is 11.8. The molecule has 0 aliphatic heterocycles. The molecule has 0 aliphatic carbocycles. The van der Waals surface area contributed by atoms with E-state index in [1.165, 1.54) is 6.08 Å². The number of nitrogens with zero attached hydrogens (tertiary/aromatic N) is 1. The number of hydrogen-bond donors (Lipinski definition) is 2. The molecule has 0 unspecified atom stereocenters. The van der Waals surface area contributed by atoms with Crippen LogP contribution in [0.4, 0.5) is 0 Å². The average Bonchev–Trinajstić information content (AvgIpc) is 2.51. The minimum absolute atomic E-state index is 0.0442. The predicted molar refractivity (Wildman–Crippen MR) is 82.5 cm³/mol. The van der Waals surface area contributed by atoms with E-state index in [0.29, 0.717) is 11.7 Å². The molecule has 0 fully saturated rings. The summed E-state index contributed by atoms with van der Waals surface area (Å²) in [5.74, 6) is -0.212. The number of aromatic nitrogens is 1. The van der Waals surface area contributed by atoms with E-state index in [4.69, 9.17) is 11.6 Å². The molecule has 1 aromatic heterocycles. The summed E-state index contributed by atoms with van der Waals surface area (Å²) in [4.78, 5) is 15.6. The van der Waals surface area contributed by atoms with Crippen molar-refractivity contribution in [2.75, 3.05) is 0 Å². The van der Waals surface area contributed by atoms with Crippen molar-refractivity contribution in [3.8, 4) is 0 Å². The average molecular weight is 303 g/mol. The van der Waals surface area contributed by atoms with Crippen molar-refractivity contribution in [2.45, 2.75) is 13.2 Å². The first-order valence-electron chi connectivity index (χ1n) is 6.44. The van der Waals surface area contributed by atoms with E-state index in [1.54, 1.807) is 24.4 Å². The summed E-state index contributed by atoms with van der Waals surface area (Å²) in [5, 5.41) is 12.4. The summed E-state index contributed by atoms with van der Waals surface area (Å²) in [5.41, 5.74) is 2.51. The molecule has 0 bridgehead atoms. The van der Waals surface area contributed by atoms with Gasteiger partial charge in [0.05, 0.1) is 6.61 Å². The van der Waals surface area contributed by atoms with E-state index in [2.05, 4.69) is 10.3 Å². The highest BCUT2D eigenvalue weighted by Crippen LogP contribution is 2.09. The monoisotopic (exact) mass is 302 g/mol. The summed E-state index contributed by atoms with van der Waals surface area (Å²) in [7, 11) is 0. The number of amides is 1. The minimum atomic E-state index is -0.212. The number of pyridine rings is 1. The number of aliphatic hydroxyl groups is 1. The summed E-state index contributed by atoms with van der Waals surface area (Å²) in [6, 6.07) is 10.9. The smallest absolute Gasteiger partial charge is 0.244 e. The van der Waals surface area contributed by atoms with Crippen LogP contribution in [0.2, 0.25) is 5.15 Å². The summed E-state index contributed by atoms with van der Waals surface area (Å²) < 4.78 is 0. The van der Waals surface area contributed by atoms with Crippen LogP contribution in [-0.4, -0.2) is 16.0 Å². The molecule has 1 aromatic carbocycles. The number of nitrogens with one attached hydrogen (secondary N) is 1. The van der Waals surface area contributed by atoms with Gasteiger partial charge in [-0.05, 0) is 34.9 Å². The molecule has 0 saturated heterocycles. The molecular weight excluding hydrogens is 288 g/mol. The highest BCUT2D eigenvalue weighted by atomic mass is 35.5.